The number of rotatable bonds is 8. The predicted molar refractivity (Wildman–Crippen MR) is 123 cm³/mol. The summed E-state index contributed by atoms with van der Waals surface area (Å²) < 4.78 is 7.89. The van der Waals surface area contributed by atoms with Gasteiger partial charge < -0.3 is 19.9 Å². The Kier molecular flexibility index (Phi) is 9.33. The van der Waals surface area contributed by atoms with Crippen molar-refractivity contribution in [2.45, 2.75) is 19.7 Å². The van der Waals surface area contributed by atoms with Crippen molar-refractivity contribution in [1.29, 1.82) is 0 Å². The Hall–Kier alpha value is -2.55. The summed E-state index contributed by atoms with van der Waals surface area (Å²) in [5.74, 6) is 1.62. The molecule has 2 heterocycles. The summed E-state index contributed by atoms with van der Waals surface area (Å²) in [6.07, 6.45) is 5.87. The molecule has 28 heavy (non-hydrogen) atoms. The number of benzene rings is 1. The fourth-order valence-electron chi connectivity index (χ4n) is 2.57. The minimum absolute atomic E-state index is 0. The van der Waals surface area contributed by atoms with Crippen LogP contribution in [0.25, 0.3) is 0 Å². The molecule has 2 aromatic heterocycles. The van der Waals surface area contributed by atoms with Crippen LogP contribution in [-0.2, 0) is 19.7 Å². The van der Waals surface area contributed by atoms with Crippen LogP contribution in [0.2, 0.25) is 0 Å². The first-order valence-corrected chi connectivity index (χ1v) is 9.00. The monoisotopic (exact) mass is 491 g/mol. The maximum Gasteiger partial charge on any atom is 0.191 e. The van der Waals surface area contributed by atoms with Crippen molar-refractivity contribution in [3.63, 3.8) is 0 Å². The number of nitrogens with zero attached hydrogens (tertiary/aromatic N) is 3. The van der Waals surface area contributed by atoms with Crippen LogP contribution < -0.4 is 15.4 Å². The number of guanidine groups is 1. The van der Waals surface area contributed by atoms with Crippen LogP contribution in [0, 0.1) is 0 Å². The average molecular weight is 491 g/mol. The zero-order valence-corrected chi connectivity index (χ0v) is 18.2. The number of nitrogens with one attached hydrogen (secondary N) is 2. The van der Waals surface area contributed by atoms with Crippen molar-refractivity contribution in [2.24, 2.45) is 4.99 Å². The molecule has 2 N–H and O–H groups in total. The van der Waals surface area contributed by atoms with Gasteiger partial charge in [-0.2, -0.15) is 0 Å². The molecule has 0 fully saturated rings. The zero-order valence-electron chi connectivity index (χ0n) is 15.9. The van der Waals surface area contributed by atoms with Crippen molar-refractivity contribution < 1.29 is 4.74 Å². The van der Waals surface area contributed by atoms with Crippen LogP contribution in [0.15, 0.2) is 78.2 Å². The quantitative estimate of drug-likeness (QED) is 0.288. The molecule has 1 aromatic carbocycles. The highest BCUT2D eigenvalue weighted by Crippen LogP contribution is 2.13. The molecule has 3 aromatic rings. The Balaban J connectivity index is 0.00000280. The maximum atomic E-state index is 5.76. The number of pyridine rings is 1. The SMILES string of the molecule is CN=C(NCCn1cccc1)NCc1ccc(OCc2ccccn2)cc1.I. The van der Waals surface area contributed by atoms with Crippen molar-refractivity contribution in [1.82, 2.24) is 20.2 Å². The van der Waals surface area contributed by atoms with Gasteiger partial charge in [0.1, 0.15) is 12.4 Å². The van der Waals surface area contributed by atoms with Gasteiger partial charge in [-0.15, -0.1) is 24.0 Å². The second kappa shape index (κ2) is 12.0. The lowest BCUT2D eigenvalue weighted by Crippen LogP contribution is -2.38. The Morgan fingerprint density at radius 2 is 1.82 bits per heavy atom. The number of aromatic nitrogens is 2. The summed E-state index contributed by atoms with van der Waals surface area (Å²) in [5, 5.41) is 6.64. The highest BCUT2D eigenvalue weighted by molar-refractivity contribution is 14.0. The summed E-state index contributed by atoms with van der Waals surface area (Å²) >= 11 is 0. The fourth-order valence-corrected chi connectivity index (χ4v) is 2.57. The topological polar surface area (TPSA) is 63.5 Å². The maximum absolute atomic E-state index is 5.76. The number of hydrogen-bond acceptors (Lipinski definition) is 3. The molecule has 0 aliphatic carbocycles. The van der Waals surface area contributed by atoms with E-state index in [2.05, 4.69) is 37.6 Å². The number of hydrogen-bond donors (Lipinski definition) is 2. The predicted octanol–water partition coefficient (Wildman–Crippen LogP) is 3.45. The normalized spacial score (nSPS) is 10.8. The minimum atomic E-state index is 0. The van der Waals surface area contributed by atoms with Gasteiger partial charge in [0.25, 0.3) is 0 Å². The van der Waals surface area contributed by atoms with Crippen LogP contribution in [0.5, 0.6) is 5.75 Å². The molecule has 0 saturated heterocycles. The van der Waals surface area contributed by atoms with Gasteiger partial charge in [-0.25, -0.2) is 0 Å². The lowest BCUT2D eigenvalue weighted by atomic mass is 10.2. The van der Waals surface area contributed by atoms with Crippen molar-refractivity contribution in [3.05, 3.63) is 84.4 Å². The van der Waals surface area contributed by atoms with E-state index in [-0.39, 0.29) is 24.0 Å². The minimum Gasteiger partial charge on any atom is -0.487 e. The largest absolute Gasteiger partial charge is 0.487 e. The van der Waals surface area contributed by atoms with E-state index in [0.29, 0.717) is 13.2 Å². The first-order chi connectivity index (χ1) is 13.3. The first kappa shape index (κ1) is 21.7. The van der Waals surface area contributed by atoms with Gasteiger partial charge in [-0.3, -0.25) is 9.98 Å². The van der Waals surface area contributed by atoms with E-state index in [1.807, 2.05) is 54.6 Å². The molecule has 0 spiro atoms. The van der Waals surface area contributed by atoms with Crippen molar-refractivity contribution in [2.75, 3.05) is 13.6 Å². The smallest absolute Gasteiger partial charge is 0.191 e. The molecule has 0 radical (unpaired) electrons. The third kappa shape index (κ3) is 7.22. The van der Waals surface area contributed by atoms with Gasteiger partial charge >= 0.3 is 0 Å². The Labute approximate surface area is 183 Å². The van der Waals surface area contributed by atoms with Gasteiger partial charge in [0, 0.05) is 45.3 Å². The third-order valence-corrected chi connectivity index (χ3v) is 4.05. The molecular formula is C21H26IN5O. The molecule has 0 saturated carbocycles. The summed E-state index contributed by atoms with van der Waals surface area (Å²) in [4.78, 5) is 8.51. The molecule has 6 nitrogen and oxygen atoms in total. The van der Waals surface area contributed by atoms with E-state index < -0.39 is 0 Å². The lowest BCUT2D eigenvalue weighted by molar-refractivity contribution is 0.301. The zero-order chi connectivity index (χ0) is 18.7. The highest BCUT2D eigenvalue weighted by atomic mass is 127. The molecule has 7 heteroatoms. The van der Waals surface area contributed by atoms with E-state index in [9.17, 15) is 0 Å². The lowest BCUT2D eigenvalue weighted by Gasteiger charge is -2.13. The molecule has 0 unspecified atom stereocenters. The number of aliphatic imine (C=N–C) groups is 1. The number of ether oxygens (including phenoxy) is 1. The molecular weight excluding hydrogens is 465 g/mol. The van der Waals surface area contributed by atoms with Crippen LogP contribution in [0.1, 0.15) is 11.3 Å². The van der Waals surface area contributed by atoms with Crippen LogP contribution in [0.4, 0.5) is 0 Å². The molecule has 0 bridgehead atoms. The van der Waals surface area contributed by atoms with Gasteiger partial charge in [-0.05, 0) is 42.0 Å². The summed E-state index contributed by atoms with van der Waals surface area (Å²) in [6.45, 7) is 2.88. The summed E-state index contributed by atoms with van der Waals surface area (Å²) in [7, 11) is 1.78. The molecule has 0 amide bonds. The third-order valence-electron chi connectivity index (χ3n) is 4.05. The van der Waals surface area contributed by atoms with Gasteiger partial charge in [0.15, 0.2) is 5.96 Å². The second-order valence-electron chi connectivity index (χ2n) is 6.03. The number of halogens is 1. The Morgan fingerprint density at radius 3 is 2.50 bits per heavy atom. The second-order valence-corrected chi connectivity index (χ2v) is 6.03. The van der Waals surface area contributed by atoms with Gasteiger partial charge in [0.05, 0.1) is 5.69 Å². The first-order valence-electron chi connectivity index (χ1n) is 9.00. The van der Waals surface area contributed by atoms with Gasteiger partial charge in [0.2, 0.25) is 0 Å². The summed E-state index contributed by atoms with van der Waals surface area (Å²) in [5.41, 5.74) is 2.08. The molecule has 0 atom stereocenters. The molecule has 0 aliphatic heterocycles. The van der Waals surface area contributed by atoms with E-state index in [1.165, 1.54) is 0 Å². The fraction of sp³-hybridized carbons (Fsp3) is 0.238. The highest BCUT2D eigenvalue weighted by Gasteiger charge is 2.00. The van der Waals surface area contributed by atoms with Crippen LogP contribution in [0.3, 0.4) is 0 Å². The van der Waals surface area contributed by atoms with Gasteiger partial charge in [-0.1, -0.05) is 18.2 Å². The van der Waals surface area contributed by atoms with E-state index in [0.717, 1.165) is 36.1 Å². The van der Waals surface area contributed by atoms with E-state index in [4.69, 9.17) is 4.74 Å². The van der Waals surface area contributed by atoms with E-state index >= 15 is 0 Å². The van der Waals surface area contributed by atoms with Crippen molar-refractivity contribution >= 4 is 29.9 Å². The molecule has 0 aliphatic rings. The average Bonchev–Trinajstić information content (AvgIpc) is 3.24. The Bertz CT molecular complexity index is 820. The molecule has 3 rings (SSSR count). The van der Waals surface area contributed by atoms with Crippen molar-refractivity contribution in [3.8, 4) is 5.75 Å². The van der Waals surface area contributed by atoms with E-state index in [1.54, 1.807) is 13.2 Å². The van der Waals surface area contributed by atoms with Crippen LogP contribution in [-0.4, -0.2) is 29.1 Å². The summed E-state index contributed by atoms with van der Waals surface area (Å²) in [6, 6.07) is 17.9. The van der Waals surface area contributed by atoms with Crippen LogP contribution >= 0.6 is 24.0 Å². The standard InChI is InChI=1S/C21H25N5O.HI/c1-22-21(24-12-15-26-13-4-5-14-26)25-16-18-7-9-20(10-8-18)27-17-19-6-2-3-11-23-19;/h2-11,13-14H,12,15-17H2,1H3,(H2,22,24,25);1H. The molecule has 148 valence electrons. The Morgan fingerprint density at radius 1 is 1.04 bits per heavy atom.